The van der Waals surface area contributed by atoms with Gasteiger partial charge in [0.2, 0.25) is 5.91 Å². The van der Waals surface area contributed by atoms with E-state index in [0.717, 1.165) is 50.0 Å². The molecule has 7 nitrogen and oxygen atoms in total. The zero-order valence-corrected chi connectivity index (χ0v) is 15.1. The largest absolute Gasteiger partial charge is 0.396 e. The van der Waals surface area contributed by atoms with E-state index in [1.165, 1.54) is 11.8 Å². The summed E-state index contributed by atoms with van der Waals surface area (Å²) >= 11 is 1.34. The maximum atomic E-state index is 12.3. The lowest BCUT2D eigenvalue weighted by atomic mass is 10.2. The summed E-state index contributed by atoms with van der Waals surface area (Å²) in [6.45, 7) is 1.88. The zero-order valence-electron chi connectivity index (χ0n) is 14.3. The zero-order chi connectivity index (χ0) is 17.6. The Bertz CT molecular complexity index is 671. The summed E-state index contributed by atoms with van der Waals surface area (Å²) in [6, 6.07) is 0. The van der Waals surface area contributed by atoms with Crippen molar-refractivity contribution in [2.75, 3.05) is 25.5 Å². The molecule has 1 fully saturated rings. The summed E-state index contributed by atoms with van der Waals surface area (Å²) in [5.74, 6) is 0.199. The first-order valence-corrected chi connectivity index (χ1v) is 9.92. The number of aromatic nitrogens is 2. The first kappa shape index (κ1) is 18.4. The van der Waals surface area contributed by atoms with Crippen LogP contribution in [0.3, 0.4) is 0 Å². The topological polar surface area (TPSA) is 93.5 Å². The molecule has 1 aliphatic heterocycles. The first-order chi connectivity index (χ1) is 12.2. The molecule has 0 saturated carbocycles. The van der Waals surface area contributed by atoms with Crippen molar-refractivity contribution in [3.8, 4) is 0 Å². The average Bonchev–Trinajstić information content (AvgIpc) is 3.28. The Morgan fingerprint density at radius 2 is 2.28 bits per heavy atom. The number of rotatable bonds is 8. The van der Waals surface area contributed by atoms with Crippen molar-refractivity contribution in [1.82, 2.24) is 14.9 Å². The van der Waals surface area contributed by atoms with E-state index in [0.29, 0.717) is 24.5 Å². The number of hydrogen-bond donors (Lipinski definition) is 2. The molecule has 138 valence electrons. The van der Waals surface area contributed by atoms with Crippen LogP contribution in [0, 0.1) is 0 Å². The second-order valence-electron chi connectivity index (χ2n) is 6.43. The molecule has 1 amide bonds. The van der Waals surface area contributed by atoms with Crippen LogP contribution in [-0.2, 0) is 28.9 Å². The molecule has 8 heteroatoms. The smallest absolute Gasteiger partial charge is 0.348 e. The number of carbonyl (C=O) groups excluding carboxylic acids is 1. The van der Waals surface area contributed by atoms with Crippen molar-refractivity contribution >= 4 is 17.7 Å². The molecule has 2 N–H and O–H groups in total. The SMILES string of the molecule is O=C(CSc1nc(=O)n(CCCO)c2c1CCC2)NCC1CCCO1. The van der Waals surface area contributed by atoms with Crippen LogP contribution < -0.4 is 11.0 Å². The van der Waals surface area contributed by atoms with E-state index in [4.69, 9.17) is 9.84 Å². The Morgan fingerprint density at radius 1 is 1.40 bits per heavy atom. The molecular weight excluding hydrogens is 342 g/mol. The Balaban J connectivity index is 1.60. The number of aliphatic hydroxyl groups excluding tert-OH is 1. The van der Waals surface area contributed by atoms with E-state index in [-0.39, 0.29) is 30.1 Å². The number of amides is 1. The van der Waals surface area contributed by atoms with Crippen molar-refractivity contribution < 1.29 is 14.6 Å². The minimum atomic E-state index is -0.281. The van der Waals surface area contributed by atoms with Gasteiger partial charge in [-0.15, -0.1) is 0 Å². The number of nitrogens with one attached hydrogen (secondary N) is 1. The highest BCUT2D eigenvalue weighted by Crippen LogP contribution is 2.29. The van der Waals surface area contributed by atoms with Crippen LogP contribution in [-0.4, -0.2) is 52.2 Å². The number of carbonyl (C=O) groups is 1. The summed E-state index contributed by atoms with van der Waals surface area (Å²) in [6.07, 6.45) is 5.47. The lowest BCUT2D eigenvalue weighted by Crippen LogP contribution is -2.33. The number of nitrogens with zero attached hydrogens (tertiary/aromatic N) is 2. The van der Waals surface area contributed by atoms with E-state index in [9.17, 15) is 9.59 Å². The highest BCUT2D eigenvalue weighted by atomic mass is 32.2. The van der Waals surface area contributed by atoms with E-state index in [2.05, 4.69) is 10.3 Å². The van der Waals surface area contributed by atoms with E-state index < -0.39 is 0 Å². The number of thioether (sulfide) groups is 1. The van der Waals surface area contributed by atoms with Gasteiger partial charge in [-0.3, -0.25) is 9.36 Å². The van der Waals surface area contributed by atoms with Crippen molar-refractivity contribution in [2.45, 2.75) is 56.2 Å². The molecule has 1 aliphatic carbocycles. The Kier molecular flexibility index (Phi) is 6.50. The van der Waals surface area contributed by atoms with Crippen molar-refractivity contribution in [3.05, 3.63) is 21.7 Å². The molecule has 0 aromatic carbocycles. The first-order valence-electron chi connectivity index (χ1n) is 8.93. The Hall–Kier alpha value is -1.38. The fraction of sp³-hybridized carbons (Fsp3) is 0.706. The van der Waals surface area contributed by atoms with Gasteiger partial charge in [0.1, 0.15) is 5.03 Å². The third-order valence-corrected chi connectivity index (χ3v) is 5.65. The van der Waals surface area contributed by atoms with Crippen LogP contribution in [0.2, 0.25) is 0 Å². The predicted octanol–water partition coefficient (Wildman–Crippen LogP) is 0.502. The van der Waals surface area contributed by atoms with Gasteiger partial charge in [0.05, 0.1) is 11.9 Å². The van der Waals surface area contributed by atoms with Gasteiger partial charge >= 0.3 is 5.69 Å². The van der Waals surface area contributed by atoms with E-state index >= 15 is 0 Å². The second kappa shape index (κ2) is 8.82. The average molecular weight is 367 g/mol. The molecule has 2 aliphatic rings. The van der Waals surface area contributed by atoms with Crippen molar-refractivity contribution in [3.63, 3.8) is 0 Å². The second-order valence-corrected chi connectivity index (χ2v) is 7.40. The summed E-state index contributed by atoms with van der Waals surface area (Å²) < 4.78 is 7.17. The van der Waals surface area contributed by atoms with Gasteiger partial charge in [-0.1, -0.05) is 11.8 Å². The summed E-state index contributed by atoms with van der Waals surface area (Å²) in [4.78, 5) is 28.5. The Labute approximate surface area is 151 Å². The standard InChI is InChI=1S/C17H25N3O4S/c21-8-3-7-20-14-6-1-5-13(14)16(19-17(20)23)25-11-15(22)18-10-12-4-2-9-24-12/h12,21H,1-11H2,(H,18,22). The van der Waals surface area contributed by atoms with Crippen LogP contribution in [0.15, 0.2) is 9.82 Å². The highest BCUT2D eigenvalue weighted by Gasteiger charge is 2.22. The van der Waals surface area contributed by atoms with Gasteiger partial charge < -0.3 is 15.2 Å². The third kappa shape index (κ3) is 4.62. The molecule has 1 aromatic rings. The minimum absolute atomic E-state index is 0.0569. The molecule has 0 radical (unpaired) electrons. The van der Waals surface area contributed by atoms with Gasteiger partial charge in [-0.2, -0.15) is 4.98 Å². The number of fused-ring (bicyclic) bond motifs is 1. The molecule has 0 bridgehead atoms. The molecule has 1 saturated heterocycles. The molecule has 1 unspecified atom stereocenters. The van der Waals surface area contributed by atoms with Crippen LogP contribution in [0.1, 0.15) is 36.9 Å². The number of ether oxygens (including phenoxy) is 1. The van der Waals surface area contributed by atoms with E-state index in [1.807, 2.05) is 0 Å². The van der Waals surface area contributed by atoms with Crippen molar-refractivity contribution in [1.29, 1.82) is 0 Å². The lowest BCUT2D eigenvalue weighted by molar-refractivity contribution is -0.119. The van der Waals surface area contributed by atoms with Gasteiger partial charge in [0.25, 0.3) is 0 Å². The molecule has 0 spiro atoms. The summed E-state index contributed by atoms with van der Waals surface area (Å²) in [7, 11) is 0. The van der Waals surface area contributed by atoms with Gasteiger partial charge in [0.15, 0.2) is 0 Å². The lowest BCUT2D eigenvalue weighted by Gasteiger charge is -2.14. The molecule has 25 heavy (non-hydrogen) atoms. The Morgan fingerprint density at radius 3 is 3.04 bits per heavy atom. The normalized spacial score (nSPS) is 19.2. The fourth-order valence-corrected chi connectivity index (χ4v) is 4.29. The minimum Gasteiger partial charge on any atom is -0.396 e. The maximum Gasteiger partial charge on any atom is 0.348 e. The van der Waals surface area contributed by atoms with Crippen LogP contribution >= 0.6 is 11.8 Å². The van der Waals surface area contributed by atoms with Gasteiger partial charge in [-0.25, -0.2) is 4.79 Å². The summed E-state index contributed by atoms with van der Waals surface area (Å²) in [5.41, 5.74) is 1.83. The quantitative estimate of drug-likeness (QED) is 0.513. The number of hydrogen-bond acceptors (Lipinski definition) is 6. The molecule has 2 heterocycles. The maximum absolute atomic E-state index is 12.3. The summed E-state index contributed by atoms with van der Waals surface area (Å²) in [5, 5.41) is 12.6. The van der Waals surface area contributed by atoms with Crippen LogP contribution in [0.25, 0.3) is 0 Å². The predicted molar refractivity (Wildman–Crippen MR) is 94.9 cm³/mol. The molecular formula is C17H25N3O4S. The monoisotopic (exact) mass is 367 g/mol. The fourth-order valence-electron chi connectivity index (χ4n) is 3.38. The molecule has 1 aromatic heterocycles. The molecule has 1 atom stereocenters. The highest BCUT2D eigenvalue weighted by molar-refractivity contribution is 7.99. The van der Waals surface area contributed by atoms with E-state index in [1.54, 1.807) is 4.57 Å². The molecule has 3 rings (SSSR count). The van der Waals surface area contributed by atoms with Gasteiger partial charge in [-0.05, 0) is 38.5 Å². The van der Waals surface area contributed by atoms with Gasteiger partial charge in [0, 0.05) is 37.6 Å². The number of aliphatic hydroxyl groups is 1. The van der Waals surface area contributed by atoms with Crippen LogP contribution in [0.4, 0.5) is 0 Å². The third-order valence-electron chi connectivity index (χ3n) is 4.63. The van der Waals surface area contributed by atoms with Crippen molar-refractivity contribution in [2.24, 2.45) is 0 Å². The van der Waals surface area contributed by atoms with Crippen LogP contribution in [0.5, 0.6) is 0 Å².